The molecule has 0 aromatic carbocycles. The van der Waals surface area contributed by atoms with Crippen molar-refractivity contribution in [2.75, 3.05) is 5.32 Å². The number of carbonyl (C=O) groups is 1. The molecule has 2 saturated carbocycles. The van der Waals surface area contributed by atoms with Crippen LogP contribution in [0.3, 0.4) is 0 Å². The summed E-state index contributed by atoms with van der Waals surface area (Å²) < 4.78 is 0. The summed E-state index contributed by atoms with van der Waals surface area (Å²) in [5, 5.41) is 3.32. The van der Waals surface area contributed by atoms with Crippen LogP contribution in [-0.4, -0.2) is 10.9 Å². The fourth-order valence-electron chi connectivity index (χ4n) is 2.92. The zero-order valence-corrected chi connectivity index (χ0v) is 9.57. The average Bonchev–Trinajstić information content (AvgIpc) is 2.73. The van der Waals surface area contributed by atoms with Crippen LogP contribution < -0.4 is 5.32 Å². The van der Waals surface area contributed by atoms with Gasteiger partial charge in [0.25, 0.3) is 0 Å². The molecule has 2 aliphatic rings. The van der Waals surface area contributed by atoms with Gasteiger partial charge in [0.2, 0.25) is 5.91 Å². The van der Waals surface area contributed by atoms with E-state index in [0.29, 0.717) is 17.0 Å². The van der Waals surface area contributed by atoms with Crippen molar-refractivity contribution in [1.82, 2.24) is 4.98 Å². The van der Waals surface area contributed by atoms with Gasteiger partial charge in [0.05, 0.1) is 0 Å². The number of nitrogens with zero attached hydrogens (tertiary/aromatic N) is 1. The molecule has 1 N–H and O–H groups in total. The van der Waals surface area contributed by atoms with Crippen LogP contribution in [0.2, 0.25) is 5.15 Å². The van der Waals surface area contributed by atoms with Crippen LogP contribution >= 0.6 is 11.6 Å². The molecule has 2 aliphatic carbocycles. The molecule has 0 spiro atoms. The SMILES string of the molecule is O=C(Nc1ccnc(Cl)c1)C1C2CCCC21. The van der Waals surface area contributed by atoms with Crippen molar-refractivity contribution in [3.8, 4) is 0 Å². The second-order valence-corrected chi connectivity index (χ2v) is 5.03. The molecule has 2 unspecified atom stereocenters. The first kappa shape index (κ1) is 10.1. The molecular formula is C12H13ClN2O. The Kier molecular flexibility index (Phi) is 2.36. The Morgan fingerprint density at radius 3 is 2.88 bits per heavy atom. The number of aromatic nitrogens is 1. The minimum atomic E-state index is 0.150. The number of amides is 1. The van der Waals surface area contributed by atoms with Crippen molar-refractivity contribution in [1.29, 1.82) is 0 Å². The van der Waals surface area contributed by atoms with Crippen molar-refractivity contribution in [3.05, 3.63) is 23.5 Å². The normalized spacial score (nSPS) is 30.9. The predicted octanol–water partition coefficient (Wildman–Crippen LogP) is 2.72. The molecule has 3 rings (SSSR count). The summed E-state index contributed by atoms with van der Waals surface area (Å²) in [6.07, 6.45) is 5.34. The van der Waals surface area contributed by atoms with Gasteiger partial charge >= 0.3 is 0 Å². The van der Waals surface area contributed by atoms with Crippen LogP contribution in [0.5, 0.6) is 0 Å². The summed E-state index contributed by atoms with van der Waals surface area (Å²) in [6.45, 7) is 0. The minimum absolute atomic E-state index is 0.150. The van der Waals surface area contributed by atoms with Gasteiger partial charge in [-0.1, -0.05) is 18.0 Å². The summed E-state index contributed by atoms with van der Waals surface area (Å²) in [6, 6.07) is 3.44. The first-order chi connectivity index (χ1) is 7.75. The molecule has 1 amide bonds. The number of pyridine rings is 1. The van der Waals surface area contributed by atoms with Crippen LogP contribution in [0.4, 0.5) is 5.69 Å². The third-order valence-electron chi connectivity index (χ3n) is 3.70. The van der Waals surface area contributed by atoms with Gasteiger partial charge in [0, 0.05) is 17.8 Å². The van der Waals surface area contributed by atoms with E-state index in [-0.39, 0.29) is 11.8 Å². The monoisotopic (exact) mass is 236 g/mol. The van der Waals surface area contributed by atoms with Gasteiger partial charge in [-0.05, 0) is 36.8 Å². The van der Waals surface area contributed by atoms with Crippen molar-refractivity contribution in [2.24, 2.45) is 17.8 Å². The lowest BCUT2D eigenvalue weighted by Gasteiger charge is -2.06. The number of carbonyl (C=O) groups excluding carboxylic acids is 1. The zero-order valence-electron chi connectivity index (χ0n) is 8.82. The Balaban J connectivity index is 1.65. The van der Waals surface area contributed by atoms with Crippen LogP contribution in [-0.2, 0) is 4.79 Å². The molecule has 4 heteroatoms. The van der Waals surface area contributed by atoms with Gasteiger partial charge in [-0.2, -0.15) is 0 Å². The van der Waals surface area contributed by atoms with E-state index in [1.807, 2.05) is 0 Å². The van der Waals surface area contributed by atoms with Gasteiger partial charge < -0.3 is 5.32 Å². The molecule has 1 aromatic rings. The van der Waals surface area contributed by atoms with Crippen molar-refractivity contribution >= 4 is 23.2 Å². The highest BCUT2D eigenvalue weighted by atomic mass is 35.5. The number of hydrogen-bond donors (Lipinski definition) is 1. The van der Waals surface area contributed by atoms with Crippen LogP contribution in [0.15, 0.2) is 18.3 Å². The van der Waals surface area contributed by atoms with Crippen LogP contribution in [0, 0.1) is 17.8 Å². The van der Waals surface area contributed by atoms with Crippen LogP contribution in [0.25, 0.3) is 0 Å². The maximum Gasteiger partial charge on any atom is 0.228 e. The standard InChI is InChI=1S/C12H13ClN2O/c13-10-6-7(4-5-14-10)15-12(16)11-8-2-1-3-9(8)11/h4-6,8-9,11H,1-3H2,(H,14,15,16). The van der Waals surface area contributed by atoms with Gasteiger partial charge in [-0.3, -0.25) is 4.79 Å². The second kappa shape index (κ2) is 3.74. The summed E-state index contributed by atoms with van der Waals surface area (Å²) >= 11 is 5.76. The third-order valence-corrected chi connectivity index (χ3v) is 3.91. The lowest BCUT2D eigenvalue weighted by molar-refractivity contribution is -0.118. The first-order valence-corrected chi connectivity index (χ1v) is 6.06. The molecule has 16 heavy (non-hydrogen) atoms. The van der Waals surface area contributed by atoms with Gasteiger partial charge in [0.15, 0.2) is 0 Å². The Labute approximate surface area is 99.2 Å². The fraction of sp³-hybridized carbons (Fsp3) is 0.500. The Morgan fingerprint density at radius 1 is 1.44 bits per heavy atom. The van der Waals surface area contributed by atoms with E-state index in [0.717, 1.165) is 5.69 Å². The van der Waals surface area contributed by atoms with Gasteiger partial charge in [-0.15, -0.1) is 0 Å². The van der Waals surface area contributed by atoms with E-state index < -0.39 is 0 Å². The number of hydrogen-bond acceptors (Lipinski definition) is 2. The fourth-order valence-corrected chi connectivity index (χ4v) is 3.09. The summed E-state index contributed by atoms with van der Waals surface area (Å²) in [4.78, 5) is 15.8. The lowest BCUT2D eigenvalue weighted by Crippen LogP contribution is -2.16. The Morgan fingerprint density at radius 2 is 2.19 bits per heavy atom. The molecule has 0 saturated heterocycles. The van der Waals surface area contributed by atoms with E-state index in [9.17, 15) is 4.79 Å². The van der Waals surface area contributed by atoms with E-state index >= 15 is 0 Å². The second-order valence-electron chi connectivity index (χ2n) is 4.64. The quantitative estimate of drug-likeness (QED) is 0.803. The molecule has 84 valence electrons. The molecule has 2 atom stereocenters. The summed E-state index contributed by atoms with van der Waals surface area (Å²) in [7, 11) is 0. The van der Waals surface area contributed by atoms with Crippen molar-refractivity contribution in [3.63, 3.8) is 0 Å². The summed E-state index contributed by atoms with van der Waals surface area (Å²) in [5.74, 6) is 1.70. The van der Waals surface area contributed by atoms with Gasteiger partial charge in [0.1, 0.15) is 5.15 Å². The van der Waals surface area contributed by atoms with Crippen molar-refractivity contribution in [2.45, 2.75) is 19.3 Å². The molecule has 2 fully saturated rings. The largest absolute Gasteiger partial charge is 0.326 e. The van der Waals surface area contributed by atoms with E-state index in [4.69, 9.17) is 11.6 Å². The predicted molar refractivity (Wildman–Crippen MR) is 62.2 cm³/mol. The Hall–Kier alpha value is -1.09. The Bertz CT molecular complexity index is 425. The number of rotatable bonds is 2. The first-order valence-electron chi connectivity index (χ1n) is 5.68. The maximum absolute atomic E-state index is 11.9. The molecule has 0 aliphatic heterocycles. The molecule has 1 heterocycles. The molecule has 0 bridgehead atoms. The van der Waals surface area contributed by atoms with E-state index in [1.54, 1.807) is 18.3 Å². The molecular weight excluding hydrogens is 224 g/mol. The number of fused-ring (bicyclic) bond motifs is 1. The number of anilines is 1. The van der Waals surface area contributed by atoms with E-state index in [2.05, 4.69) is 10.3 Å². The highest BCUT2D eigenvalue weighted by Crippen LogP contribution is 2.57. The molecule has 1 aromatic heterocycles. The minimum Gasteiger partial charge on any atom is -0.326 e. The molecule has 3 nitrogen and oxygen atoms in total. The average molecular weight is 237 g/mol. The maximum atomic E-state index is 11.9. The summed E-state index contributed by atoms with van der Waals surface area (Å²) in [5.41, 5.74) is 0.745. The smallest absolute Gasteiger partial charge is 0.228 e. The number of halogens is 1. The topological polar surface area (TPSA) is 42.0 Å². The number of nitrogens with one attached hydrogen (secondary N) is 1. The van der Waals surface area contributed by atoms with Gasteiger partial charge in [-0.25, -0.2) is 4.98 Å². The highest BCUT2D eigenvalue weighted by Gasteiger charge is 2.56. The highest BCUT2D eigenvalue weighted by molar-refractivity contribution is 6.29. The zero-order chi connectivity index (χ0) is 11.1. The van der Waals surface area contributed by atoms with E-state index in [1.165, 1.54) is 19.3 Å². The lowest BCUT2D eigenvalue weighted by atomic mass is 10.1. The third kappa shape index (κ3) is 1.69. The molecule has 0 radical (unpaired) electrons. The van der Waals surface area contributed by atoms with Crippen LogP contribution in [0.1, 0.15) is 19.3 Å². The van der Waals surface area contributed by atoms with Crippen molar-refractivity contribution < 1.29 is 4.79 Å².